The molecule has 1 fully saturated rings. The fourth-order valence-electron chi connectivity index (χ4n) is 6.25. The second-order valence-corrected chi connectivity index (χ2v) is 15.3. The van der Waals surface area contributed by atoms with Crippen molar-refractivity contribution in [3.05, 3.63) is 12.2 Å². The number of ether oxygens (including phenoxy) is 4. The molecule has 13 heteroatoms. The van der Waals surface area contributed by atoms with E-state index in [1.807, 2.05) is 0 Å². The summed E-state index contributed by atoms with van der Waals surface area (Å²) in [6.45, 7) is 3.95. The van der Waals surface area contributed by atoms with Gasteiger partial charge in [0.05, 0.1) is 19.8 Å². The van der Waals surface area contributed by atoms with E-state index < -0.39 is 59.8 Å². The van der Waals surface area contributed by atoms with Crippen LogP contribution < -0.4 is 0 Å². The van der Waals surface area contributed by atoms with Crippen LogP contribution in [0.5, 0.6) is 0 Å². The van der Waals surface area contributed by atoms with Gasteiger partial charge in [0.1, 0.15) is 30.5 Å². The van der Waals surface area contributed by atoms with Gasteiger partial charge < -0.3 is 34.3 Å². The first-order chi connectivity index (χ1) is 25.1. The molecule has 52 heavy (non-hydrogen) atoms. The number of rotatable bonds is 35. The maximum atomic E-state index is 12.8. The number of aliphatic hydroxyl groups is 3. The van der Waals surface area contributed by atoms with Crippen LogP contribution in [0, 0.1) is 0 Å². The molecule has 0 saturated carbocycles. The summed E-state index contributed by atoms with van der Waals surface area (Å²) in [5.74, 6) is -0.408. The van der Waals surface area contributed by atoms with Gasteiger partial charge in [0.25, 0.3) is 0 Å². The second kappa shape index (κ2) is 32.1. The molecule has 1 heterocycles. The van der Waals surface area contributed by atoms with Gasteiger partial charge in [-0.3, -0.25) is 9.35 Å². The molecular weight excluding hydrogens is 692 g/mol. The average molecular weight is 767 g/mol. The summed E-state index contributed by atoms with van der Waals surface area (Å²) in [4.78, 5) is 12.8. The zero-order valence-corrected chi connectivity index (χ0v) is 33.2. The first-order valence-electron chi connectivity index (χ1n) is 20.4. The molecule has 308 valence electrons. The van der Waals surface area contributed by atoms with Crippen molar-refractivity contribution in [2.45, 2.75) is 205 Å². The third-order valence-corrected chi connectivity index (χ3v) is 9.85. The van der Waals surface area contributed by atoms with E-state index >= 15 is 0 Å². The molecule has 0 spiro atoms. The number of carbonyl (C=O) groups excluding carboxylic acids is 1. The molecule has 6 unspecified atom stereocenters. The molecule has 0 bridgehead atoms. The summed E-state index contributed by atoms with van der Waals surface area (Å²) in [6, 6.07) is 0. The van der Waals surface area contributed by atoms with Gasteiger partial charge in [-0.05, 0) is 38.5 Å². The van der Waals surface area contributed by atoms with E-state index in [4.69, 9.17) is 23.5 Å². The highest BCUT2D eigenvalue weighted by molar-refractivity contribution is 7.80. The van der Waals surface area contributed by atoms with Gasteiger partial charge in [0, 0.05) is 13.0 Å². The lowest BCUT2D eigenvalue weighted by Gasteiger charge is -2.41. The lowest BCUT2D eigenvalue weighted by atomic mass is 9.99. The number of allylic oxidation sites excluding steroid dienone is 2. The number of carbonyl (C=O) groups is 1. The highest BCUT2D eigenvalue weighted by Crippen LogP contribution is 2.26. The number of hydrogen-bond acceptors (Lipinski definition) is 11. The number of aliphatic hydroxyl groups excluding tert-OH is 3. The Kier molecular flexibility index (Phi) is 30.2. The Labute approximate surface area is 315 Å². The first kappa shape index (κ1) is 48.9. The van der Waals surface area contributed by atoms with Gasteiger partial charge >= 0.3 is 16.4 Å². The van der Waals surface area contributed by atoms with E-state index in [0.29, 0.717) is 13.0 Å². The van der Waals surface area contributed by atoms with Crippen molar-refractivity contribution < 1.29 is 56.2 Å². The summed E-state index contributed by atoms with van der Waals surface area (Å²) in [7, 11) is -5.05. The molecule has 0 radical (unpaired) electrons. The molecule has 12 nitrogen and oxygen atoms in total. The quantitative estimate of drug-likeness (QED) is 0.0216. The second-order valence-electron chi connectivity index (χ2n) is 14.2. The maximum absolute atomic E-state index is 12.8. The molecule has 0 amide bonds. The van der Waals surface area contributed by atoms with E-state index in [1.54, 1.807) is 0 Å². The number of hydrogen-bond donors (Lipinski definition) is 4. The van der Waals surface area contributed by atoms with E-state index in [9.17, 15) is 28.5 Å². The molecule has 0 aromatic rings. The van der Waals surface area contributed by atoms with Gasteiger partial charge in [0.15, 0.2) is 6.29 Å². The van der Waals surface area contributed by atoms with Crippen LogP contribution in [-0.2, 0) is 38.3 Å². The number of unbranched alkanes of at least 4 members (excludes halogenated alkanes) is 20. The Balaban J connectivity index is 2.49. The van der Waals surface area contributed by atoms with Crippen LogP contribution in [0.3, 0.4) is 0 Å². The fraction of sp³-hybridized carbons (Fsp3) is 0.923. The van der Waals surface area contributed by atoms with Crippen molar-refractivity contribution in [3.63, 3.8) is 0 Å². The minimum absolute atomic E-state index is 0.0375. The Morgan fingerprint density at radius 3 is 1.77 bits per heavy atom. The van der Waals surface area contributed by atoms with Crippen LogP contribution in [0.2, 0.25) is 0 Å². The predicted octanol–water partition coefficient (Wildman–Crippen LogP) is 7.52. The Hall–Kier alpha value is -1.16. The Morgan fingerprint density at radius 2 is 1.21 bits per heavy atom. The molecule has 1 aliphatic rings. The van der Waals surface area contributed by atoms with Gasteiger partial charge in [0.2, 0.25) is 0 Å². The summed E-state index contributed by atoms with van der Waals surface area (Å²) < 4.78 is 58.8. The summed E-state index contributed by atoms with van der Waals surface area (Å²) >= 11 is 0. The van der Waals surface area contributed by atoms with Crippen LogP contribution in [0.4, 0.5) is 0 Å². The molecule has 1 aliphatic heterocycles. The summed E-state index contributed by atoms with van der Waals surface area (Å²) in [5.41, 5.74) is 0. The van der Waals surface area contributed by atoms with Gasteiger partial charge in [-0.25, -0.2) is 4.18 Å². The summed E-state index contributed by atoms with van der Waals surface area (Å²) in [5, 5.41) is 30.5. The molecule has 0 aromatic carbocycles. The largest absolute Gasteiger partial charge is 0.457 e. The summed E-state index contributed by atoms with van der Waals surface area (Å²) in [6.07, 6.45) is 22.5. The van der Waals surface area contributed by atoms with E-state index in [2.05, 4.69) is 30.2 Å². The average Bonchev–Trinajstić information content (AvgIpc) is 3.11. The van der Waals surface area contributed by atoms with Crippen LogP contribution in [0.1, 0.15) is 168 Å². The third kappa shape index (κ3) is 25.8. The maximum Gasteiger partial charge on any atom is 0.397 e. The molecule has 0 aromatic heterocycles. The Bertz CT molecular complexity index is 978. The van der Waals surface area contributed by atoms with E-state index in [1.165, 1.54) is 83.5 Å². The van der Waals surface area contributed by atoms with Crippen molar-refractivity contribution in [2.75, 3.05) is 26.4 Å². The van der Waals surface area contributed by atoms with E-state index in [0.717, 1.165) is 57.8 Å². The van der Waals surface area contributed by atoms with Crippen molar-refractivity contribution in [1.82, 2.24) is 0 Å². The smallest absolute Gasteiger partial charge is 0.397 e. The third-order valence-electron chi connectivity index (χ3n) is 9.39. The molecule has 0 aliphatic carbocycles. The lowest BCUT2D eigenvalue weighted by molar-refractivity contribution is -0.301. The minimum atomic E-state index is -5.05. The normalized spacial score (nSPS) is 21.5. The van der Waals surface area contributed by atoms with Gasteiger partial charge in [-0.2, -0.15) is 8.42 Å². The van der Waals surface area contributed by atoms with Gasteiger partial charge in [-0.15, -0.1) is 0 Å². The molecule has 6 atom stereocenters. The standard InChI is InChI=1S/C39H74O12S/c1-3-5-7-9-11-13-15-17-19-21-23-25-27-29-47-31-33(49-35(41)28-26-24-22-20-18-16-14-12-10-8-6-4-2)32-48-39-37(43)38(51-52(44,45)46)36(42)34(30-40)50-39/h12,14,33-34,36-40,42-43H,3-11,13,15-32H2,1-2H3,(H,44,45,46)/b14-12-. The number of esters is 1. The van der Waals surface area contributed by atoms with Crippen molar-refractivity contribution in [1.29, 1.82) is 0 Å². The van der Waals surface area contributed by atoms with Crippen LogP contribution in [0.25, 0.3) is 0 Å². The minimum Gasteiger partial charge on any atom is -0.457 e. The monoisotopic (exact) mass is 766 g/mol. The van der Waals surface area contributed by atoms with Gasteiger partial charge in [-0.1, -0.05) is 135 Å². The Morgan fingerprint density at radius 1 is 0.712 bits per heavy atom. The highest BCUT2D eigenvalue weighted by atomic mass is 32.3. The molecule has 4 N–H and O–H groups in total. The topological polar surface area (TPSA) is 178 Å². The fourth-order valence-corrected chi connectivity index (χ4v) is 6.76. The zero-order valence-electron chi connectivity index (χ0n) is 32.4. The highest BCUT2D eigenvalue weighted by Gasteiger charge is 2.48. The van der Waals surface area contributed by atoms with Crippen molar-refractivity contribution in [3.8, 4) is 0 Å². The van der Waals surface area contributed by atoms with E-state index in [-0.39, 0.29) is 19.6 Å². The van der Waals surface area contributed by atoms with Crippen LogP contribution in [-0.4, -0.2) is 97.5 Å². The lowest BCUT2D eigenvalue weighted by Crippen LogP contribution is -2.60. The molecular formula is C39H74O12S. The zero-order chi connectivity index (χ0) is 38.3. The van der Waals surface area contributed by atoms with Crippen molar-refractivity contribution >= 4 is 16.4 Å². The van der Waals surface area contributed by atoms with Crippen molar-refractivity contribution in [2.24, 2.45) is 0 Å². The van der Waals surface area contributed by atoms with Crippen LogP contribution >= 0.6 is 0 Å². The molecule has 1 rings (SSSR count). The SMILES string of the molecule is CCCCC/C=C\CCCCCCCC(=O)OC(COCCCCCCCCCCCCCCC)COC1OC(CO)C(O)C(OS(=O)(=O)O)C1O. The first-order valence-corrected chi connectivity index (χ1v) is 21.8. The van der Waals surface area contributed by atoms with Crippen LogP contribution in [0.15, 0.2) is 12.2 Å². The predicted molar refractivity (Wildman–Crippen MR) is 202 cm³/mol. The molecule has 1 saturated heterocycles.